The minimum Gasteiger partial charge on any atom is -0.366 e. The first kappa shape index (κ1) is 17.2. The highest BCUT2D eigenvalue weighted by atomic mass is 32.2. The van der Waals surface area contributed by atoms with Gasteiger partial charge in [0.15, 0.2) is 0 Å². The fourth-order valence-corrected chi connectivity index (χ4v) is 4.23. The second-order valence-electron chi connectivity index (χ2n) is 7.16. The molecule has 8 nitrogen and oxygen atoms in total. The van der Waals surface area contributed by atoms with Gasteiger partial charge in [0.2, 0.25) is 0 Å². The Morgan fingerprint density at radius 2 is 1.96 bits per heavy atom. The Labute approximate surface area is 162 Å². The molecule has 9 heteroatoms. The van der Waals surface area contributed by atoms with E-state index in [1.165, 1.54) is 0 Å². The summed E-state index contributed by atoms with van der Waals surface area (Å²) in [5.41, 5.74) is 5.94. The number of rotatable bonds is 4. The van der Waals surface area contributed by atoms with Gasteiger partial charge in [0.25, 0.3) is 10.1 Å². The SMILES string of the molecule is Cn1cc(-c2ccc3c(c2)nc2cc(N4CC(OS(C)(=O)=O)C4)ccn23)cn1. The molecule has 0 amide bonds. The summed E-state index contributed by atoms with van der Waals surface area (Å²) in [6.07, 6.45) is 6.61. The van der Waals surface area contributed by atoms with E-state index in [2.05, 4.69) is 32.6 Å². The van der Waals surface area contributed by atoms with Crippen LogP contribution in [-0.2, 0) is 21.3 Å². The number of aromatic nitrogens is 4. The van der Waals surface area contributed by atoms with Gasteiger partial charge >= 0.3 is 0 Å². The lowest BCUT2D eigenvalue weighted by Gasteiger charge is -2.39. The molecular formula is C19H19N5O3S. The van der Waals surface area contributed by atoms with E-state index in [0.717, 1.165) is 39.8 Å². The highest BCUT2D eigenvalue weighted by Crippen LogP contribution is 2.28. The van der Waals surface area contributed by atoms with Gasteiger partial charge in [0, 0.05) is 49.8 Å². The zero-order chi connectivity index (χ0) is 19.5. The number of hydrogen-bond acceptors (Lipinski definition) is 6. The maximum absolute atomic E-state index is 11.2. The third-order valence-electron chi connectivity index (χ3n) is 4.95. The molecule has 0 unspecified atom stereocenters. The third kappa shape index (κ3) is 3.02. The van der Waals surface area contributed by atoms with Crippen molar-refractivity contribution in [2.24, 2.45) is 7.05 Å². The number of benzene rings is 1. The minimum atomic E-state index is -3.42. The molecular weight excluding hydrogens is 378 g/mol. The van der Waals surface area contributed by atoms with E-state index in [4.69, 9.17) is 9.17 Å². The predicted octanol–water partition coefficient (Wildman–Crippen LogP) is 2.05. The highest BCUT2D eigenvalue weighted by Gasteiger charge is 2.30. The van der Waals surface area contributed by atoms with Gasteiger partial charge in [0.05, 0.1) is 23.5 Å². The van der Waals surface area contributed by atoms with Gasteiger partial charge in [-0.15, -0.1) is 0 Å². The number of pyridine rings is 1. The molecule has 3 aromatic heterocycles. The standard InChI is InChI=1S/C19H19N5O3S/c1-22-10-14(9-20-22)13-3-4-18-17(7-13)21-19-8-15(5-6-24(18)19)23-11-16(12-23)27-28(2,25)26/h3-10,16H,11-12H2,1-2H3. The summed E-state index contributed by atoms with van der Waals surface area (Å²) in [5.74, 6) is 0. The van der Waals surface area contributed by atoms with Gasteiger partial charge in [-0.2, -0.15) is 13.5 Å². The lowest BCUT2D eigenvalue weighted by atomic mass is 10.1. The molecule has 0 aliphatic carbocycles. The molecule has 5 rings (SSSR count). The van der Waals surface area contributed by atoms with Gasteiger partial charge in [0.1, 0.15) is 11.8 Å². The zero-order valence-electron chi connectivity index (χ0n) is 15.5. The van der Waals surface area contributed by atoms with Crippen molar-refractivity contribution < 1.29 is 12.6 Å². The van der Waals surface area contributed by atoms with Crippen LogP contribution >= 0.6 is 0 Å². The average Bonchev–Trinajstić information content (AvgIpc) is 3.19. The van der Waals surface area contributed by atoms with E-state index in [1.807, 2.05) is 37.8 Å². The molecule has 1 fully saturated rings. The lowest BCUT2D eigenvalue weighted by molar-refractivity contribution is 0.177. The van der Waals surface area contributed by atoms with E-state index in [0.29, 0.717) is 13.1 Å². The summed E-state index contributed by atoms with van der Waals surface area (Å²) < 4.78 is 31.3. The monoisotopic (exact) mass is 397 g/mol. The molecule has 4 aromatic rings. The van der Waals surface area contributed by atoms with Crippen molar-refractivity contribution in [1.82, 2.24) is 19.2 Å². The zero-order valence-corrected chi connectivity index (χ0v) is 16.3. The van der Waals surface area contributed by atoms with E-state index >= 15 is 0 Å². The normalized spacial score (nSPS) is 15.4. The van der Waals surface area contributed by atoms with Gasteiger partial charge in [-0.05, 0) is 23.8 Å². The van der Waals surface area contributed by atoms with Gasteiger partial charge < -0.3 is 4.90 Å². The molecule has 1 saturated heterocycles. The molecule has 1 aromatic carbocycles. The first-order valence-corrected chi connectivity index (χ1v) is 10.7. The van der Waals surface area contributed by atoms with Crippen molar-refractivity contribution in [3.63, 3.8) is 0 Å². The van der Waals surface area contributed by atoms with Gasteiger partial charge in [-0.3, -0.25) is 13.3 Å². The van der Waals surface area contributed by atoms with Crippen LogP contribution in [0.25, 0.3) is 27.8 Å². The molecule has 144 valence electrons. The van der Waals surface area contributed by atoms with Crippen molar-refractivity contribution in [3.05, 3.63) is 48.9 Å². The number of imidazole rings is 1. The van der Waals surface area contributed by atoms with Crippen LogP contribution in [0.5, 0.6) is 0 Å². The Kier molecular flexibility index (Phi) is 3.72. The maximum Gasteiger partial charge on any atom is 0.264 e. The van der Waals surface area contributed by atoms with E-state index in [1.54, 1.807) is 4.68 Å². The summed E-state index contributed by atoms with van der Waals surface area (Å²) in [7, 11) is -1.52. The molecule has 28 heavy (non-hydrogen) atoms. The Bertz CT molecular complexity index is 1300. The number of aryl methyl sites for hydroxylation is 1. The molecule has 4 heterocycles. The van der Waals surface area contributed by atoms with Crippen molar-refractivity contribution in [2.75, 3.05) is 24.2 Å². The van der Waals surface area contributed by atoms with Crippen LogP contribution in [0.3, 0.4) is 0 Å². The number of hydrogen-bond donors (Lipinski definition) is 0. The van der Waals surface area contributed by atoms with E-state index in [9.17, 15) is 8.42 Å². The van der Waals surface area contributed by atoms with Crippen molar-refractivity contribution in [1.29, 1.82) is 0 Å². The van der Waals surface area contributed by atoms with Crippen LogP contribution in [0.4, 0.5) is 5.69 Å². The van der Waals surface area contributed by atoms with Crippen LogP contribution in [-0.4, -0.2) is 53.0 Å². The molecule has 0 N–H and O–H groups in total. The fourth-order valence-electron chi connectivity index (χ4n) is 3.61. The molecule has 0 spiro atoms. The third-order valence-corrected chi connectivity index (χ3v) is 5.57. The lowest BCUT2D eigenvalue weighted by Crippen LogP contribution is -2.53. The van der Waals surface area contributed by atoms with Crippen molar-refractivity contribution >= 4 is 32.5 Å². The number of fused-ring (bicyclic) bond motifs is 3. The first-order valence-electron chi connectivity index (χ1n) is 8.90. The Balaban J connectivity index is 1.45. The van der Waals surface area contributed by atoms with Gasteiger partial charge in [-0.1, -0.05) is 6.07 Å². The summed E-state index contributed by atoms with van der Waals surface area (Å²) in [5, 5.41) is 4.23. The Morgan fingerprint density at radius 3 is 2.68 bits per heavy atom. The number of anilines is 1. The number of nitrogens with zero attached hydrogens (tertiary/aromatic N) is 5. The quantitative estimate of drug-likeness (QED) is 0.490. The topological polar surface area (TPSA) is 81.7 Å². The molecule has 0 bridgehead atoms. The summed E-state index contributed by atoms with van der Waals surface area (Å²) >= 11 is 0. The minimum absolute atomic E-state index is 0.285. The van der Waals surface area contributed by atoms with Crippen LogP contribution < -0.4 is 4.90 Å². The van der Waals surface area contributed by atoms with E-state index in [-0.39, 0.29) is 6.10 Å². The van der Waals surface area contributed by atoms with Crippen LogP contribution in [0.2, 0.25) is 0 Å². The molecule has 0 atom stereocenters. The Morgan fingerprint density at radius 1 is 1.14 bits per heavy atom. The average molecular weight is 397 g/mol. The second-order valence-corrected chi connectivity index (χ2v) is 8.76. The largest absolute Gasteiger partial charge is 0.366 e. The Hall–Kier alpha value is -2.91. The van der Waals surface area contributed by atoms with E-state index < -0.39 is 10.1 Å². The van der Waals surface area contributed by atoms with Crippen molar-refractivity contribution in [2.45, 2.75) is 6.10 Å². The smallest absolute Gasteiger partial charge is 0.264 e. The van der Waals surface area contributed by atoms with Crippen molar-refractivity contribution in [3.8, 4) is 11.1 Å². The molecule has 1 aliphatic heterocycles. The predicted molar refractivity (Wildman–Crippen MR) is 107 cm³/mol. The summed E-state index contributed by atoms with van der Waals surface area (Å²) in [6.45, 7) is 1.10. The van der Waals surface area contributed by atoms with Crippen LogP contribution in [0.1, 0.15) is 0 Å². The summed E-state index contributed by atoms with van der Waals surface area (Å²) in [6, 6.07) is 10.2. The molecule has 0 saturated carbocycles. The highest BCUT2D eigenvalue weighted by molar-refractivity contribution is 7.86. The maximum atomic E-state index is 11.2. The second kappa shape index (κ2) is 6.05. The first-order chi connectivity index (χ1) is 13.4. The fraction of sp³-hybridized carbons (Fsp3) is 0.263. The van der Waals surface area contributed by atoms with Crippen LogP contribution in [0.15, 0.2) is 48.9 Å². The van der Waals surface area contributed by atoms with Crippen LogP contribution in [0, 0.1) is 0 Å². The summed E-state index contributed by atoms with van der Waals surface area (Å²) in [4.78, 5) is 6.85. The molecule has 0 radical (unpaired) electrons. The van der Waals surface area contributed by atoms with Gasteiger partial charge in [-0.25, -0.2) is 4.98 Å². The molecule has 1 aliphatic rings.